The molecule has 0 unspecified atom stereocenters. The number of benzene rings is 2. The van der Waals surface area contributed by atoms with Crippen molar-refractivity contribution in [3.05, 3.63) is 52.5 Å². The van der Waals surface area contributed by atoms with E-state index < -0.39 is 0 Å². The van der Waals surface area contributed by atoms with Crippen molar-refractivity contribution in [1.29, 1.82) is 0 Å². The number of rotatable bonds is 1. The van der Waals surface area contributed by atoms with Crippen LogP contribution in [0.5, 0.6) is 5.75 Å². The molecule has 0 atom stereocenters. The maximum absolute atomic E-state index is 11.8. The molecule has 0 saturated carbocycles. The second-order valence-electron chi connectivity index (χ2n) is 4.88. The molecule has 6 heteroatoms. The minimum absolute atomic E-state index is 0.0229. The van der Waals surface area contributed by atoms with Crippen LogP contribution in [0.1, 0.15) is 11.1 Å². The summed E-state index contributed by atoms with van der Waals surface area (Å²) in [6, 6.07) is 10.7. The van der Waals surface area contributed by atoms with Gasteiger partial charge in [0.2, 0.25) is 5.91 Å². The number of fused-ring (bicyclic) bond motifs is 1. The molecule has 21 heavy (non-hydrogen) atoms. The average molecular weight is 299 g/mol. The largest absolute Gasteiger partial charge is 0.508 e. The maximum Gasteiger partial charge on any atom is 0.246 e. The molecule has 3 rings (SSSR count). The van der Waals surface area contributed by atoms with Crippen LogP contribution in [-0.4, -0.2) is 31.1 Å². The number of anilines is 1. The number of carbonyl (C=O) groups excluding carboxylic acids is 1. The molecule has 0 aromatic heterocycles. The predicted octanol–water partition coefficient (Wildman–Crippen LogP) is 1.09. The van der Waals surface area contributed by atoms with Crippen molar-refractivity contribution in [2.24, 2.45) is 4.99 Å². The van der Waals surface area contributed by atoms with Gasteiger partial charge in [0, 0.05) is 22.2 Å². The Balaban J connectivity index is 2.25. The number of aliphatic imine (C=N–C) groups is 1. The summed E-state index contributed by atoms with van der Waals surface area (Å²) in [6.07, 6.45) is 0. The second kappa shape index (κ2) is 5.26. The smallest absolute Gasteiger partial charge is 0.246 e. The number of nitrogens with zero attached hydrogens (tertiary/aromatic N) is 1. The number of phenolic OH excluding ortho intramolecular Hbond substituents is 1. The van der Waals surface area contributed by atoms with E-state index in [0.29, 0.717) is 21.9 Å². The third-order valence-corrected chi connectivity index (χ3v) is 3.70. The minimum atomic E-state index is -0.221. The van der Waals surface area contributed by atoms with Crippen molar-refractivity contribution < 1.29 is 9.90 Å². The highest BCUT2D eigenvalue weighted by molar-refractivity contribution is 6.38. The fourth-order valence-corrected chi connectivity index (χ4v) is 2.53. The number of amides is 1. The first-order valence-corrected chi connectivity index (χ1v) is 6.87. The van der Waals surface area contributed by atoms with E-state index in [1.807, 2.05) is 18.2 Å². The van der Waals surface area contributed by atoms with E-state index in [9.17, 15) is 9.90 Å². The number of nitrogens with one attached hydrogen (secondary N) is 1. The third-order valence-electron chi connectivity index (χ3n) is 3.38. The number of halogens is 1. The standard InChI is InChI=1S/C15H12BClN2O2/c16-10-5-9-12(6-13(10)20)19-14(21)7-18-15(9)8-3-1-2-4-11(8)17/h1-6,20H,7,16H2,(H,19,21). The highest BCUT2D eigenvalue weighted by Crippen LogP contribution is 2.27. The molecule has 0 saturated heterocycles. The van der Waals surface area contributed by atoms with Crippen LogP contribution in [-0.2, 0) is 4.79 Å². The van der Waals surface area contributed by atoms with Crippen LogP contribution in [0.2, 0.25) is 5.02 Å². The van der Waals surface area contributed by atoms with Crippen molar-refractivity contribution in [1.82, 2.24) is 0 Å². The molecule has 0 aliphatic carbocycles. The Kier molecular flexibility index (Phi) is 3.43. The number of phenols is 1. The van der Waals surface area contributed by atoms with Gasteiger partial charge in [-0.3, -0.25) is 9.79 Å². The summed E-state index contributed by atoms with van der Waals surface area (Å²) >= 11 is 6.25. The zero-order valence-electron chi connectivity index (χ0n) is 11.4. The summed E-state index contributed by atoms with van der Waals surface area (Å²) in [5, 5.41) is 13.2. The Bertz CT molecular complexity index is 774. The molecule has 1 heterocycles. The molecule has 104 valence electrons. The molecule has 0 bridgehead atoms. The lowest BCUT2D eigenvalue weighted by molar-refractivity contribution is -0.114. The summed E-state index contributed by atoms with van der Waals surface area (Å²) in [6.45, 7) is 0.0229. The normalized spacial score (nSPS) is 14.0. The Morgan fingerprint density at radius 3 is 2.76 bits per heavy atom. The van der Waals surface area contributed by atoms with E-state index in [0.717, 1.165) is 11.1 Å². The van der Waals surface area contributed by atoms with E-state index in [1.54, 1.807) is 26.0 Å². The Labute approximate surface area is 127 Å². The van der Waals surface area contributed by atoms with Crippen LogP contribution >= 0.6 is 11.6 Å². The van der Waals surface area contributed by atoms with Gasteiger partial charge in [0.25, 0.3) is 0 Å². The number of benzodiazepines with no additional fused rings is 1. The maximum atomic E-state index is 11.8. The molecule has 0 radical (unpaired) electrons. The Morgan fingerprint density at radius 1 is 1.24 bits per heavy atom. The van der Waals surface area contributed by atoms with Gasteiger partial charge in [-0.2, -0.15) is 0 Å². The highest BCUT2D eigenvalue weighted by atomic mass is 35.5. The van der Waals surface area contributed by atoms with Crippen LogP contribution in [0.15, 0.2) is 41.4 Å². The van der Waals surface area contributed by atoms with Crippen LogP contribution in [0.25, 0.3) is 0 Å². The number of aromatic hydroxyl groups is 1. The van der Waals surface area contributed by atoms with Gasteiger partial charge in [-0.1, -0.05) is 35.9 Å². The molecule has 0 spiro atoms. The molecule has 2 N–H and O–H groups in total. The fraction of sp³-hybridized carbons (Fsp3) is 0.0667. The van der Waals surface area contributed by atoms with Crippen LogP contribution in [0.4, 0.5) is 5.69 Å². The van der Waals surface area contributed by atoms with Gasteiger partial charge >= 0.3 is 0 Å². The topological polar surface area (TPSA) is 61.7 Å². The first-order valence-electron chi connectivity index (χ1n) is 6.49. The first-order chi connectivity index (χ1) is 10.1. The molecule has 1 aliphatic rings. The molecule has 1 aliphatic heterocycles. The van der Waals surface area contributed by atoms with Crippen molar-refractivity contribution in [2.45, 2.75) is 0 Å². The van der Waals surface area contributed by atoms with Gasteiger partial charge in [0.15, 0.2) is 0 Å². The Morgan fingerprint density at radius 2 is 2.00 bits per heavy atom. The zero-order valence-corrected chi connectivity index (χ0v) is 12.1. The lowest BCUT2D eigenvalue weighted by Gasteiger charge is -2.13. The number of carbonyl (C=O) groups is 1. The van der Waals surface area contributed by atoms with E-state index >= 15 is 0 Å². The van der Waals surface area contributed by atoms with Crippen molar-refractivity contribution in [3.63, 3.8) is 0 Å². The summed E-state index contributed by atoms with van der Waals surface area (Å²) in [4.78, 5) is 16.2. The quantitative estimate of drug-likeness (QED) is 0.774. The number of hydrogen-bond acceptors (Lipinski definition) is 3. The molecule has 4 nitrogen and oxygen atoms in total. The molecule has 2 aromatic carbocycles. The lowest BCUT2D eigenvalue weighted by atomic mass is 9.89. The van der Waals surface area contributed by atoms with E-state index in [4.69, 9.17) is 11.6 Å². The molecular formula is C15H12BClN2O2. The minimum Gasteiger partial charge on any atom is -0.508 e. The Hall–Kier alpha value is -2.27. The third kappa shape index (κ3) is 2.52. The predicted molar refractivity (Wildman–Crippen MR) is 86.9 cm³/mol. The van der Waals surface area contributed by atoms with Gasteiger partial charge in [-0.15, -0.1) is 0 Å². The van der Waals surface area contributed by atoms with E-state index in [-0.39, 0.29) is 18.2 Å². The van der Waals surface area contributed by atoms with Gasteiger partial charge in [-0.05, 0) is 11.5 Å². The average Bonchev–Trinajstić information content (AvgIpc) is 2.59. The van der Waals surface area contributed by atoms with Crippen LogP contribution < -0.4 is 10.8 Å². The van der Waals surface area contributed by atoms with Gasteiger partial charge in [0.1, 0.15) is 20.1 Å². The van der Waals surface area contributed by atoms with Crippen molar-refractivity contribution in [2.75, 3.05) is 11.9 Å². The van der Waals surface area contributed by atoms with Crippen LogP contribution in [0.3, 0.4) is 0 Å². The summed E-state index contributed by atoms with van der Waals surface area (Å²) in [5.74, 6) is -0.0870. The molecular weight excluding hydrogens is 286 g/mol. The lowest BCUT2D eigenvalue weighted by Crippen LogP contribution is -2.15. The van der Waals surface area contributed by atoms with Crippen molar-refractivity contribution >= 4 is 42.2 Å². The molecule has 0 fully saturated rings. The van der Waals surface area contributed by atoms with E-state index in [1.165, 1.54) is 0 Å². The molecule has 2 aromatic rings. The second-order valence-corrected chi connectivity index (χ2v) is 5.28. The van der Waals surface area contributed by atoms with Crippen LogP contribution in [0, 0.1) is 0 Å². The zero-order chi connectivity index (χ0) is 15.0. The summed E-state index contributed by atoms with van der Waals surface area (Å²) in [5.41, 5.74) is 3.42. The van der Waals surface area contributed by atoms with Gasteiger partial charge in [0.05, 0.1) is 11.4 Å². The summed E-state index contributed by atoms with van der Waals surface area (Å²) in [7, 11) is 1.80. The van der Waals surface area contributed by atoms with Gasteiger partial charge in [-0.25, -0.2) is 0 Å². The van der Waals surface area contributed by atoms with E-state index in [2.05, 4.69) is 10.3 Å². The van der Waals surface area contributed by atoms with Crippen molar-refractivity contribution in [3.8, 4) is 5.75 Å². The monoisotopic (exact) mass is 298 g/mol. The molecule has 1 amide bonds. The SMILES string of the molecule is Bc1cc2c(cc1O)NC(=O)CN=C2c1ccccc1Cl. The van der Waals surface area contributed by atoms with Gasteiger partial charge < -0.3 is 10.4 Å². The first kappa shape index (κ1) is 13.7. The summed E-state index contributed by atoms with van der Waals surface area (Å²) < 4.78 is 0. The highest BCUT2D eigenvalue weighted by Gasteiger charge is 2.20. The number of hydrogen-bond donors (Lipinski definition) is 2. The fourth-order valence-electron chi connectivity index (χ4n) is 2.31.